The number of ether oxygens (including phenoxy) is 1. The predicted octanol–water partition coefficient (Wildman–Crippen LogP) is 4.47. The van der Waals surface area contributed by atoms with Crippen LogP contribution in [0.5, 0.6) is 5.75 Å². The Labute approximate surface area is 177 Å². The molecule has 1 aliphatic rings. The van der Waals surface area contributed by atoms with E-state index in [0.29, 0.717) is 22.7 Å². The molecule has 7 nitrogen and oxygen atoms in total. The van der Waals surface area contributed by atoms with Crippen molar-refractivity contribution in [3.63, 3.8) is 0 Å². The molecule has 0 bridgehead atoms. The van der Waals surface area contributed by atoms with Crippen molar-refractivity contribution in [2.75, 3.05) is 35.7 Å². The molecule has 2 aromatic rings. The molecular formula is C23H30N4O3. The molecule has 0 radical (unpaired) electrons. The minimum atomic E-state index is -0.384. The number of carbonyl (C=O) groups excluding carboxylic acids is 2. The maximum Gasteiger partial charge on any atom is 0.323 e. The number of hydrogen-bond donors (Lipinski definition) is 3. The van der Waals surface area contributed by atoms with E-state index in [1.54, 1.807) is 31.4 Å². The van der Waals surface area contributed by atoms with E-state index in [-0.39, 0.29) is 18.0 Å². The van der Waals surface area contributed by atoms with Crippen LogP contribution in [0.25, 0.3) is 0 Å². The number of methoxy groups -OCH3 is 1. The zero-order chi connectivity index (χ0) is 21.5. The van der Waals surface area contributed by atoms with Crippen LogP contribution in [-0.4, -0.2) is 38.2 Å². The molecule has 0 aliphatic carbocycles. The van der Waals surface area contributed by atoms with Crippen molar-refractivity contribution < 1.29 is 14.3 Å². The molecule has 1 saturated heterocycles. The average molecular weight is 411 g/mol. The first-order valence-corrected chi connectivity index (χ1v) is 10.4. The van der Waals surface area contributed by atoms with Crippen molar-refractivity contribution in [1.29, 1.82) is 0 Å². The SMILES string of the molecule is CCC(C)NC(=O)c1cc(NC(=O)Nc2cccc(OC)c2)ccc1N1CCCC1. The zero-order valence-electron chi connectivity index (χ0n) is 17.8. The highest BCUT2D eigenvalue weighted by molar-refractivity contribution is 6.04. The molecular weight excluding hydrogens is 380 g/mol. The molecule has 1 aliphatic heterocycles. The Hall–Kier alpha value is -3.22. The van der Waals surface area contributed by atoms with Crippen LogP contribution < -0.4 is 25.6 Å². The monoisotopic (exact) mass is 410 g/mol. The Kier molecular flexibility index (Phi) is 7.17. The number of nitrogens with zero attached hydrogens (tertiary/aromatic N) is 1. The molecule has 30 heavy (non-hydrogen) atoms. The molecule has 1 fully saturated rings. The number of benzene rings is 2. The quantitative estimate of drug-likeness (QED) is 0.629. The van der Waals surface area contributed by atoms with Crippen molar-refractivity contribution in [3.05, 3.63) is 48.0 Å². The van der Waals surface area contributed by atoms with Crippen molar-refractivity contribution in [2.45, 2.75) is 39.2 Å². The largest absolute Gasteiger partial charge is 0.497 e. The van der Waals surface area contributed by atoms with Crippen LogP contribution in [0.2, 0.25) is 0 Å². The molecule has 1 heterocycles. The van der Waals surface area contributed by atoms with Gasteiger partial charge >= 0.3 is 6.03 Å². The third-order valence-corrected chi connectivity index (χ3v) is 5.26. The Balaban J connectivity index is 1.78. The lowest BCUT2D eigenvalue weighted by Crippen LogP contribution is -2.33. The molecule has 0 saturated carbocycles. The van der Waals surface area contributed by atoms with E-state index in [1.165, 1.54) is 0 Å². The third-order valence-electron chi connectivity index (χ3n) is 5.26. The molecule has 2 aromatic carbocycles. The number of nitrogens with one attached hydrogen (secondary N) is 3. The lowest BCUT2D eigenvalue weighted by molar-refractivity contribution is 0.0939. The molecule has 7 heteroatoms. The van der Waals surface area contributed by atoms with E-state index in [0.717, 1.165) is 38.0 Å². The van der Waals surface area contributed by atoms with Gasteiger partial charge in [0.15, 0.2) is 0 Å². The summed E-state index contributed by atoms with van der Waals surface area (Å²) in [6.45, 7) is 5.89. The number of carbonyl (C=O) groups is 2. The normalized spacial score (nSPS) is 14.2. The second kappa shape index (κ2) is 10.0. The lowest BCUT2D eigenvalue weighted by atomic mass is 10.1. The maximum atomic E-state index is 12.9. The van der Waals surface area contributed by atoms with Crippen molar-refractivity contribution in [2.24, 2.45) is 0 Å². The van der Waals surface area contributed by atoms with Crippen LogP contribution in [-0.2, 0) is 0 Å². The van der Waals surface area contributed by atoms with Gasteiger partial charge in [-0.25, -0.2) is 4.79 Å². The summed E-state index contributed by atoms with van der Waals surface area (Å²) in [6.07, 6.45) is 3.09. The number of hydrogen-bond acceptors (Lipinski definition) is 4. The topological polar surface area (TPSA) is 82.7 Å². The Morgan fingerprint density at radius 2 is 1.77 bits per heavy atom. The first-order valence-electron chi connectivity index (χ1n) is 10.4. The molecule has 0 spiro atoms. The summed E-state index contributed by atoms with van der Waals surface area (Å²) in [7, 11) is 1.58. The summed E-state index contributed by atoms with van der Waals surface area (Å²) < 4.78 is 5.18. The molecule has 3 N–H and O–H groups in total. The summed E-state index contributed by atoms with van der Waals surface area (Å²) in [4.78, 5) is 27.6. The standard InChI is InChI=1S/C23H30N4O3/c1-4-16(2)24-22(28)20-15-18(10-11-21(20)27-12-5-6-13-27)26-23(29)25-17-8-7-9-19(14-17)30-3/h7-11,14-16H,4-6,12-13H2,1-3H3,(H,24,28)(H2,25,26,29). The van der Waals surface area contributed by atoms with Gasteiger partial charge in [0.1, 0.15) is 5.75 Å². The van der Waals surface area contributed by atoms with Crippen LogP contribution in [0.15, 0.2) is 42.5 Å². The number of anilines is 3. The van der Waals surface area contributed by atoms with Gasteiger partial charge < -0.3 is 25.6 Å². The Bertz CT molecular complexity index is 894. The van der Waals surface area contributed by atoms with Crippen molar-refractivity contribution >= 4 is 29.0 Å². The fourth-order valence-electron chi connectivity index (χ4n) is 3.43. The highest BCUT2D eigenvalue weighted by Crippen LogP contribution is 2.28. The molecule has 0 aromatic heterocycles. The van der Waals surface area contributed by atoms with Gasteiger partial charge in [-0.3, -0.25) is 4.79 Å². The molecule has 1 atom stereocenters. The highest BCUT2D eigenvalue weighted by Gasteiger charge is 2.21. The van der Waals surface area contributed by atoms with Crippen molar-refractivity contribution in [3.8, 4) is 5.75 Å². The van der Waals surface area contributed by atoms with Gasteiger partial charge in [-0.1, -0.05) is 13.0 Å². The first kappa shape index (κ1) is 21.5. The second-order valence-electron chi connectivity index (χ2n) is 7.52. The van der Waals surface area contributed by atoms with Crippen LogP contribution in [0.1, 0.15) is 43.5 Å². The van der Waals surface area contributed by atoms with Gasteiger partial charge in [-0.2, -0.15) is 0 Å². The average Bonchev–Trinajstić information content (AvgIpc) is 3.28. The van der Waals surface area contributed by atoms with Gasteiger partial charge in [-0.15, -0.1) is 0 Å². The van der Waals surface area contributed by atoms with Crippen LogP contribution >= 0.6 is 0 Å². The Morgan fingerprint density at radius 3 is 2.43 bits per heavy atom. The van der Waals surface area contributed by atoms with Gasteiger partial charge in [0.2, 0.25) is 0 Å². The smallest absolute Gasteiger partial charge is 0.323 e. The third kappa shape index (κ3) is 5.43. The van der Waals surface area contributed by atoms with Crippen LogP contribution in [0, 0.1) is 0 Å². The highest BCUT2D eigenvalue weighted by atomic mass is 16.5. The molecule has 3 rings (SSSR count). The maximum absolute atomic E-state index is 12.9. The van der Waals surface area contributed by atoms with E-state index < -0.39 is 0 Å². The fourth-order valence-corrected chi connectivity index (χ4v) is 3.43. The molecule has 160 valence electrons. The number of amides is 3. The van der Waals surface area contributed by atoms with E-state index in [1.807, 2.05) is 32.0 Å². The Morgan fingerprint density at radius 1 is 1.07 bits per heavy atom. The van der Waals surface area contributed by atoms with E-state index >= 15 is 0 Å². The minimum absolute atomic E-state index is 0.0805. The summed E-state index contributed by atoms with van der Waals surface area (Å²) in [5, 5.41) is 8.64. The fraction of sp³-hybridized carbons (Fsp3) is 0.391. The van der Waals surface area contributed by atoms with Gasteiger partial charge in [0, 0.05) is 42.3 Å². The van der Waals surface area contributed by atoms with E-state index in [2.05, 4.69) is 20.9 Å². The van der Waals surface area contributed by atoms with E-state index in [4.69, 9.17) is 4.74 Å². The summed E-state index contributed by atoms with van der Waals surface area (Å²) in [6, 6.07) is 12.3. The summed E-state index contributed by atoms with van der Waals surface area (Å²) in [5.41, 5.74) is 2.67. The lowest BCUT2D eigenvalue weighted by Gasteiger charge is -2.23. The van der Waals surface area contributed by atoms with E-state index in [9.17, 15) is 9.59 Å². The predicted molar refractivity (Wildman–Crippen MR) is 121 cm³/mol. The van der Waals surface area contributed by atoms with Crippen LogP contribution in [0.3, 0.4) is 0 Å². The van der Waals surface area contributed by atoms with Gasteiger partial charge in [0.25, 0.3) is 5.91 Å². The summed E-state index contributed by atoms with van der Waals surface area (Å²) >= 11 is 0. The second-order valence-corrected chi connectivity index (χ2v) is 7.52. The molecule has 1 unspecified atom stereocenters. The van der Waals surface area contributed by atoms with Gasteiger partial charge in [-0.05, 0) is 56.5 Å². The summed E-state index contributed by atoms with van der Waals surface area (Å²) in [5.74, 6) is 0.537. The number of urea groups is 1. The molecule has 3 amide bonds. The zero-order valence-corrected chi connectivity index (χ0v) is 17.8. The number of rotatable bonds is 7. The van der Waals surface area contributed by atoms with Crippen molar-refractivity contribution in [1.82, 2.24) is 5.32 Å². The minimum Gasteiger partial charge on any atom is -0.497 e. The first-order chi connectivity index (χ1) is 14.5. The van der Waals surface area contributed by atoms with Crippen LogP contribution in [0.4, 0.5) is 21.9 Å². The van der Waals surface area contributed by atoms with Gasteiger partial charge in [0.05, 0.1) is 12.7 Å².